The number of rotatable bonds is 49. The zero-order valence-corrected chi connectivity index (χ0v) is 43.0. The summed E-state index contributed by atoms with van der Waals surface area (Å²) in [6.45, 7) is 5.62. The first kappa shape index (κ1) is 61.5. The molecule has 2 unspecified atom stereocenters. The van der Waals surface area contributed by atoms with Crippen molar-refractivity contribution in [2.24, 2.45) is 0 Å². The van der Waals surface area contributed by atoms with Crippen LogP contribution in [0.1, 0.15) is 232 Å². The largest absolute Gasteiger partial charge is 0.472 e. The lowest BCUT2D eigenvalue weighted by atomic mass is 10.1. The summed E-state index contributed by atoms with van der Waals surface area (Å²) in [5.74, 6) is -0.320. The van der Waals surface area contributed by atoms with Crippen LogP contribution < -0.4 is 0 Å². The standard InChI is InChI=1S/C54H102NO7P/c1-6-8-10-12-14-16-18-20-22-24-26-27-28-29-30-31-33-35-37-39-41-43-45-47-54(56)62-53(52-61-63(57,58)60-50-48-55(3,4)5)51-59-49-46-44-42-40-38-36-34-32-25-23-21-19-17-15-13-11-9-7-2/h18,20-21,23-24,26,28-29,53H,6-17,19,22,25,27,30-52H2,1-5H3/p+1/b20-18-,23-21-,26-24-,29-28-. The molecule has 0 aliphatic rings. The fourth-order valence-corrected chi connectivity index (χ4v) is 8.00. The van der Waals surface area contributed by atoms with Crippen LogP contribution in [0.4, 0.5) is 0 Å². The van der Waals surface area contributed by atoms with Gasteiger partial charge in [-0.05, 0) is 77.0 Å². The van der Waals surface area contributed by atoms with E-state index in [4.69, 9.17) is 18.5 Å². The monoisotopic (exact) mass is 909 g/mol. The predicted molar refractivity (Wildman–Crippen MR) is 270 cm³/mol. The van der Waals surface area contributed by atoms with E-state index in [0.717, 1.165) is 51.4 Å². The molecule has 0 amide bonds. The van der Waals surface area contributed by atoms with Crippen LogP contribution in [-0.4, -0.2) is 75.6 Å². The lowest BCUT2D eigenvalue weighted by Crippen LogP contribution is -2.37. The van der Waals surface area contributed by atoms with Crippen molar-refractivity contribution >= 4 is 13.8 Å². The molecule has 2 atom stereocenters. The molecule has 0 aliphatic carbocycles. The van der Waals surface area contributed by atoms with E-state index < -0.39 is 13.9 Å². The number of quaternary nitrogens is 1. The van der Waals surface area contributed by atoms with Crippen LogP contribution in [-0.2, 0) is 27.9 Å². The molecule has 0 aromatic carbocycles. The number of nitrogens with zero attached hydrogens (tertiary/aromatic N) is 1. The van der Waals surface area contributed by atoms with Gasteiger partial charge in [0.15, 0.2) is 0 Å². The van der Waals surface area contributed by atoms with Crippen molar-refractivity contribution in [3.05, 3.63) is 48.6 Å². The topological polar surface area (TPSA) is 91.3 Å². The van der Waals surface area contributed by atoms with Crippen molar-refractivity contribution in [1.82, 2.24) is 0 Å². The summed E-state index contributed by atoms with van der Waals surface area (Å²) in [4.78, 5) is 23.0. The minimum absolute atomic E-state index is 0.0856. The molecule has 0 bridgehead atoms. The Bertz CT molecular complexity index is 1150. The van der Waals surface area contributed by atoms with Crippen molar-refractivity contribution in [3.8, 4) is 0 Å². The molecular formula is C54H103NO7P+. The molecule has 0 heterocycles. The van der Waals surface area contributed by atoms with Crippen molar-refractivity contribution in [1.29, 1.82) is 0 Å². The summed E-state index contributed by atoms with van der Waals surface area (Å²) < 4.78 is 35.2. The highest BCUT2D eigenvalue weighted by atomic mass is 31.2. The molecule has 63 heavy (non-hydrogen) atoms. The summed E-state index contributed by atoms with van der Waals surface area (Å²) >= 11 is 0. The van der Waals surface area contributed by atoms with Gasteiger partial charge in [-0.3, -0.25) is 13.8 Å². The van der Waals surface area contributed by atoms with E-state index in [1.165, 1.54) is 161 Å². The van der Waals surface area contributed by atoms with E-state index in [-0.39, 0.29) is 25.8 Å². The zero-order valence-electron chi connectivity index (χ0n) is 42.1. The molecule has 0 radical (unpaired) electrons. The lowest BCUT2D eigenvalue weighted by Gasteiger charge is -2.24. The van der Waals surface area contributed by atoms with E-state index in [2.05, 4.69) is 62.5 Å². The SMILES string of the molecule is CCCCCCC/C=C\C/C=C\C/C=C\CCCCCCCCCCC(=O)OC(COCCCCCCCCCC/C=C\CCCCCCCC)COP(=O)(O)OCC[N+](C)(C)C. The summed E-state index contributed by atoms with van der Waals surface area (Å²) in [5.41, 5.74) is 0. The van der Waals surface area contributed by atoms with Crippen LogP contribution in [0.25, 0.3) is 0 Å². The van der Waals surface area contributed by atoms with Crippen molar-refractivity contribution < 1.29 is 37.3 Å². The van der Waals surface area contributed by atoms with Crippen LogP contribution in [0.2, 0.25) is 0 Å². The van der Waals surface area contributed by atoms with Crippen LogP contribution >= 0.6 is 7.82 Å². The molecule has 0 saturated heterocycles. The van der Waals surface area contributed by atoms with Gasteiger partial charge in [0.1, 0.15) is 19.3 Å². The molecule has 0 spiro atoms. The van der Waals surface area contributed by atoms with Gasteiger partial charge >= 0.3 is 13.8 Å². The fraction of sp³-hybridized carbons (Fsp3) is 0.833. The summed E-state index contributed by atoms with van der Waals surface area (Å²) in [5, 5.41) is 0. The van der Waals surface area contributed by atoms with Crippen LogP contribution in [0.3, 0.4) is 0 Å². The van der Waals surface area contributed by atoms with Gasteiger partial charge in [0.2, 0.25) is 0 Å². The number of hydrogen-bond donors (Lipinski definition) is 1. The molecule has 0 aromatic heterocycles. The molecular weight excluding hydrogens is 806 g/mol. The molecule has 8 nitrogen and oxygen atoms in total. The highest BCUT2D eigenvalue weighted by Gasteiger charge is 2.26. The van der Waals surface area contributed by atoms with E-state index in [1.54, 1.807) is 0 Å². The van der Waals surface area contributed by atoms with Gasteiger partial charge < -0.3 is 18.9 Å². The van der Waals surface area contributed by atoms with E-state index in [0.29, 0.717) is 24.1 Å². The Balaban J connectivity index is 4.15. The Morgan fingerprint density at radius 2 is 0.873 bits per heavy atom. The van der Waals surface area contributed by atoms with E-state index >= 15 is 0 Å². The Morgan fingerprint density at radius 1 is 0.492 bits per heavy atom. The first-order valence-corrected chi connectivity index (χ1v) is 27.9. The molecule has 9 heteroatoms. The molecule has 0 aliphatic heterocycles. The summed E-state index contributed by atoms with van der Waals surface area (Å²) in [6, 6.07) is 0. The smallest absolute Gasteiger partial charge is 0.457 e. The van der Waals surface area contributed by atoms with Crippen molar-refractivity contribution in [3.63, 3.8) is 0 Å². The highest BCUT2D eigenvalue weighted by molar-refractivity contribution is 7.47. The van der Waals surface area contributed by atoms with Gasteiger partial charge in [-0.2, -0.15) is 0 Å². The number of hydrogen-bond acceptors (Lipinski definition) is 6. The molecule has 1 N–H and O–H groups in total. The Morgan fingerprint density at radius 3 is 1.32 bits per heavy atom. The molecule has 370 valence electrons. The number of ether oxygens (including phenoxy) is 2. The van der Waals surface area contributed by atoms with Crippen molar-refractivity contribution in [2.75, 3.05) is 54.1 Å². The third kappa shape index (κ3) is 51.3. The third-order valence-electron chi connectivity index (χ3n) is 11.4. The van der Waals surface area contributed by atoms with Gasteiger partial charge in [0, 0.05) is 13.0 Å². The zero-order chi connectivity index (χ0) is 46.2. The maximum Gasteiger partial charge on any atom is 0.472 e. The number of esters is 1. The molecule has 0 aromatic rings. The summed E-state index contributed by atoms with van der Waals surface area (Å²) in [6.07, 6.45) is 58.7. The summed E-state index contributed by atoms with van der Waals surface area (Å²) in [7, 11) is 1.66. The highest BCUT2D eigenvalue weighted by Crippen LogP contribution is 2.43. The minimum Gasteiger partial charge on any atom is -0.457 e. The van der Waals surface area contributed by atoms with E-state index in [9.17, 15) is 14.3 Å². The Labute approximate surface area is 390 Å². The average Bonchev–Trinajstić information content (AvgIpc) is 3.24. The maximum atomic E-state index is 12.8. The number of unbranched alkanes of at least 4 members (excludes halogenated alkanes) is 27. The normalized spacial score (nSPS) is 13.9. The Hall–Kier alpha value is -1.54. The molecule has 0 rings (SSSR count). The fourth-order valence-electron chi connectivity index (χ4n) is 7.26. The minimum atomic E-state index is -4.28. The Kier molecular flexibility index (Phi) is 45.8. The first-order valence-electron chi connectivity index (χ1n) is 26.4. The third-order valence-corrected chi connectivity index (χ3v) is 12.3. The molecule has 0 saturated carbocycles. The van der Waals surface area contributed by atoms with Crippen LogP contribution in [0.5, 0.6) is 0 Å². The number of allylic oxidation sites excluding steroid dienone is 8. The second-order valence-corrected chi connectivity index (χ2v) is 20.4. The quantitative estimate of drug-likeness (QED) is 0.0214. The van der Waals surface area contributed by atoms with Crippen LogP contribution in [0.15, 0.2) is 48.6 Å². The predicted octanol–water partition coefficient (Wildman–Crippen LogP) is 16.3. The first-order chi connectivity index (χ1) is 30.6. The van der Waals surface area contributed by atoms with Gasteiger partial charge in [0.05, 0.1) is 34.4 Å². The second-order valence-electron chi connectivity index (χ2n) is 18.9. The average molecular weight is 909 g/mol. The van der Waals surface area contributed by atoms with E-state index in [1.807, 2.05) is 21.1 Å². The van der Waals surface area contributed by atoms with Crippen LogP contribution in [0, 0.1) is 0 Å². The number of phosphoric acid groups is 1. The van der Waals surface area contributed by atoms with Gasteiger partial charge in [-0.25, -0.2) is 4.57 Å². The number of phosphoric ester groups is 1. The second kappa shape index (κ2) is 47.0. The van der Waals surface area contributed by atoms with Gasteiger partial charge in [0.25, 0.3) is 0 Å². The van der Waals surface area contributed by atoms with Gasteiger partial charge in [-0.15, -0.1) is 0 Å². The van der Waals surface area contributed by atoms with Gasteiger partial charge in [-0.1, -0.05) is 197 Å². The number of carbonyl (C=O) groups is 1. The van der Waals surface area contributed by atoms with Crippen molar-refractivity contribution in [2.45, 2.75) is 238 Å². The molecule has 0 fully saturated rings. The number of carbonyl (C=O) groups excluding carboxylic acids is 1. The maximum absolute atomic E-state index is 12.8. The lowest BCUT2D eigenvalue weighted by molar-refractivity contribution is -0.870. The number of likely N-dealkylation sites (N-methyl/N-ethyl adjacent to an activating group) is 1.